The lowest BCUT2D eigenvalue weighted by atomic mass is 9.97. The van der Waals surface area contributed by atoms with E-state index in [4.69, 9.17) is 5.26 Å². The van der Waals surface area contributed by atoms with Gasteiger partial charge in [0.2, 0.25) is 5.91 Å². The fraction of sp³-hybridized carbons (Fsp3) is 0.455. The summed E-state index contributed by atoms with van der Waals surface area (Å²) in [6, 6.07) is 14.2. The Labute approximate surface area is 160 Å². The Morgan fingerprint density at radius 2 is 1.96 bits per heavy atom. The number of rotatable bonds is 5. The topological polar surface area (TPSA) is 52.3 Å². The van der Waals surface area contributed by atoms with Crippen LogP contribution in [-0.2, 0) is 11.3 Å². The fourth-order valence-corrected chi connectivity index (χ4v) is 4.38. The Bertz CT molecular complexity index is 833. The summed E-state index contributed by atoms with van der Waals surface area (Å²) in [4.78, 5) is 16.5. The molecule has 3 heterocycles. The van der Waals surface area contributed by atoms with Gasteiger partial charge in [-0.25, -0.2) is 0 Å². The first-order valence-corrected chi connectivity index (χ1v) is 9.90. The first-order chi connectivity index (χ1) is 13.2. The van der Waals surface area contributed by atoms with Crippen molar-refractivity contribution >= 4 is 5.91 Å². The predicted molar refractivity (Wildman–Crippen MR) is 104 cm³/mol. The summed E-state index contributed by atoms with van der Waals surface area (Å²) in [5.41, 5.74) is 3.03. The molecule has 5 heteroatoms. The molecule has 0 spiro atoms. The van der Waals surface area contributed by atoms with E-state index in [0.29, 0.717) is 17.4 Å². The van der Waals surface area contributed by atoms with E-state index in [2.05, 4.69) is 38.8 Å². The molecule has 1 aromatic carbocycles. The largest absolute Gasteiger partial charge is 0.342 e. The van der Waals surface area contributed by atoms with E-state index in [1.54, 1.807) is 0 Å². The van der Waals surface area contributed by atoms with Crippen molar-refractivity contribution in [3.8, 4) is 11.8 Å². The molecule has 1 amide bonds. The van der Waals surface area contributed by atoms with Crippen LogP contribution in [0.5, 0.6) is 0 Å². The highest BCUT2D eigenvalue weighted by molar-refractivity contribution is 5.78. The highest BCUT2D eigenvalue weighted by Gasteiger charge is 2.27. The zero-order chi connectivity index (χ0) is 18.6. The third-order valence-electron chi connectivity index (χ3n) is 5.75. The molecule has 0 aliphatic carbocycles. The lowest BCUT2D eigenvalue weighted by molar-refractivity contribution is -0.128. The lowest BCUT2D eigenvalue weighted by Crippen LogP contribution is -2.41. The molecular formula is C22H26N4O. The summed E-state index contributed by atoms with van der Waals surface area (Å²) >= 11 is 0. The van der Waals surface area contributed by atoms with Crippen LogP contribution in [0.3, 0.4) is 0 Å². The minimum Gasteiger partial charge on any atom is -0.342 e. The zero-order valence-corrected chi connectivity index (χ0v) is 15.7. The summed E-state index contributed by atoms with van der Waals surface area (Å²) in [6.45, 7) is 4.95. The van der Waals surface area contributed by atoms with E-state index in [1.165, 1.54) is 18.5 Å². The van der Waals surface area contributed by atoms with Crippen molar-refractivity contribution in [3.63, 3.8) is 0 Å². The van der Waals surface area contributed by atoms with Crippen LogP contribution in [-0.4, -0.2) is 46.5 Å². The van der Waals surface area contributed by atoms with E-state index >= 15 is 0 Å². The molecule has 2 fully saturated rings. The molecule has 140 valence electrons. The Balaban J connectivity index is 1.41. The number of nitriles is 1. The van der Waals surface area contributed by atoms with Crippen LogP contribution in [0.25, 0.3) is 5.69 Å². The molecule has 2 aliphatic rings. The van der Waals surface area contributed by atoms with E-state index in [1.807, 2.05) is 24.3 Å². The van der Waals surface area contributed by atoms with Crippen LogP contribution in [0, 0.1) is 17.2 Å². The van der Waals surface area contributed by atoms with Crippen LogP contribution in [0.4, 0.5) is 0 Å². The van der Waals surface area contributed by atoms with Gasteiger partial charge in [-0.15, -0.1) is 0 Å². The second kappa shape index (κ2) is 7.98. The van der Waals surface area contributed by atoms with Gasteiger partial charge in [0.25, 0.3) is 0 Å². The van der Waals surface area contributed by atoms with Gasteiger partial charge in [0.1, 0.15) is 0 Å². The van der Waals surface area contributed by atoms with Crippen LogP contribution in [0.15, 0.2) is 42.6 Å². The molecule has 0 N–H and O–H groups in total. The number of likely N-dealkylation sites (tertiary alicyclic amines) is 2. The highest BCUT2D eigenvalue weighted by atomic mass is 16.2. The summed E-state index contributed by atoms with van der Waals surface area (Å²) in [5, 5.41) is 8.99. The molecule has 27 heavy (non-hydrogen) atoms. The fourth-order valence-electron chi connectivity index (χ4n) is 4.38. The number of carbonyl (C=O) groups excluding carboxylic acids is 1. The Morgan fingerprint density at radius 1 is 1.11 bits per heavy atom. The maximum absolute atomic E-state index is 11.9. The number of carbonyl (C=O) groups is 1. The molecule has 2 aromatic rings. The molecule has 1 unspecified atom stereocenters. The minimum absolute atomic E-state index is 0.335. The molecule has 2 saturated heterocycles. The summed E-state index contributed by atoms with van der Waals surface area (Å²) in [5.74, 6) is 0.918. The van der Waals surface area contributed by atoms with Gasteiger partial charge < -0.3 is 9.47 Å². The van der Waals surface area contributed by atoms with Crippen molar-refractivity contribution in [3.05, 3.63) is 53.9 Å². The second-order valence-corrected chi connectivity index (χ2v) is 7.71. The van der Waals surface area contributed by atoms with Crippen molar-refractivity contribution in [1.82, 2.24) is 14.4 Å². The van der Waals surface area contributed by atoms with E-state index < -0.39 is 0 Å². The number of aromatic nitrogens is 1. The number of benzene rings is 1. The van der Waals surface area contributed by atoms with Crippen LogP contribution in [0.1, 0.15) is 36.9 Å². The molecule has 1 aromatic heterocycles. The normalized spacial score (nSPS) is 20.8. The Kier molecular flexibility index (Phi) is 5.26. The number of nitrogens with zero attached hydrogens (tertiary/aromatic N) is 4. The first kappa shape index (κ1) is 17.8. The quantitative estimate of drug-likeness (QED) is 0.821. The van der Waals surface area contributed by atoms with E-state index in [9.17, 15) is 4.79 Å². The molecular weight excluding hydrogens is 336 g/mol. The van der Waals surface area contributed by atoms with Gasteiger partial charge >= 0.3 is 0 Å². The maximum atomic E-state index is 11.9. The molecule has 0 bridgehead atoms. The second-order valence-electron chi connectivity index (χ2n) is 7.71. The van der Waals surface area contributed by atoms with Gasteiger partial charge in [0.15, 0.2) is 0 Å². The third kappa shape index (κ3) is 4.06. The lowest BCUT2D eigenvalue weighted by Gasteiger charge is -2.34. The molecule has 2 aliphatic heterocycles. The summed E-state index contributed by atoms with van der Waals surface area (Å²) < 4.78 is 2.20. The molecule has 0 saturated carbocycles. The number of hydrogen-bond donors (Lipinski definition) is 0. The van der Waals surface area contributed by atoms with Crippen molar-refractivity contribution in [2.24, 2.45) is 5.92 Å². The van der Waals surface area contributed by atoms with Crippen molar-refractivity contribution in [2.45, 2.75) is 32.2 Å². The summed E-state index contributed by atoms with van der Waals surface area (Å²) in [6.07, 6.45) is 6.25. The monoisotopic (exact) mass is 362 g/mol. The first-order valence-electron chi connectivity index (χ1n) is 9.90. The minimum atomic E-state index is 0.335. The maximum Gasteiger partial charge on any atom is 0.222 e. The van der Waals surface area contributed by atoms with Crippen LogP contribution in [0.2, 0.25) is 0 Å². The van der Waals surface area contributed by atoms with Crippen molar-refractivity contribution in [1.29, 1.82) is 5.26 Å². The Morgan fingerprint density at radius 3 is 2.70 bits per heavy atom. The Hall–Kier alpha value is -2.58. The van der Waals surface area contributed by atoms with Gasteiger partial charge in [-0.1, -0.05) is 0 Å². The van der Waals surface area contributed by atoms with Crippen LogP contribution >= 0.6 is 0 Å². The van der Waals surface area contributed by atoms with Gasteiger partial charge in [-0.2, -0.15) is 5.26 Å². The molecule has 4 rings (SSSR count). The number of piperidine rings is 1. The van der Waals surface area contributed by atoms with Crippen LogP contribution < -0.4 is 0 Å². The molecule has 1 atom stereocenters. The van der Waals surface area contributed by atoms with Gasteiger partial charge in [-0.05, 0) is 68.1 Å². The van der Waals surface area contributed by atoms with Crippen molar-refractivity contribution in [2.75, 3.05) is 26.2 Å². The predicted octanol–water partition coefficient (Wildman–Crippen LogP) is 3.18. The van der Waals surface area contributed by atoms with Crippen molar-refractivity contribution < 1.29 is 4.79 Å². The van der Waals surface area contributed by atoms with Gasteiger partial charge in [0.05, 0.1) is 11.6 Å². The highest BCUT2D eigenvalue weighted by Crippen LogP contribution is 2.23. The van der Waals surface area contributed by atoms with Gasteiger partial charge in [-0.3, -0.25) is 9.69 Å². The van der Waals surface area contributed by atoms with E-state index in [0.717, 1.165) is 51.3 Å². The molecule has 5 nitrogen and oxygen atoms in total. The average molecular weight is 362 g/mol. The smallest absolute Gasteiger partial charge is 0.222 e. The number of hydrogen-bond acceptors (Lipinski definition) is 3. The standard InChI is InChI=1S/C22H26N4O/c23-14-18-7-9-20(10-8-18)26-13-2-5-21(26)17-24-11-1-4-19(15-24)16-25-12-3-6-22(25)27/h2,5,7-10,13,19H,1,3-4,6,11-12,15-17H2. The average Bonchev–Trinajstić information content (AvgIpc) is 3.31. The SMILES string of the molecule is N#Cc1ccc(-n2cccc2CN2CCCC(CN3CCCC3=O)C2)cc1. The summed E-state index contributed by atoms with van der Waals surface area (Å²) in [7, 11) is 0. The molecule has 0 radical (unpaired) electrons. The third-order valence-corrected chi connectivity index (χ3v) is 5.75. The zero-order valence-electron chi connectivity index (χ0n) is 15.7. The van der Waals surface area contributed by atoms with Gasteiger partial charge in [0, 0.05) is 50.2 Å². The van der Waals surface area contributed by atoms with E-state index in [-0.39, 0.29) is 0 Å². The number of amides is 1.